The summed E-state index contributed by atoms with van der Waals surface area (Å²) >= 11 is 0. The Hall–Kier alpha value is -4.65. The van der Waals surface area contributed by atoms with Gasteiger partial charge >= 0.3 is 0 Å². The molecule has 0 radical (unpaired) electrons. The van der Waals surface area contributed by atoms with Crippen LogP contribution in [0.15, 0.2) is 106 Å². The van der Waals surface area contributed by atoms with Gasteiger partial charge in [0.2, 0.25) is 5.89 Å². The quantitative estimate of drug-likeness (QED) is 0.345. The van der Waals surface area contributed by atoms with Gasteiger partial charge in [-0.15, -0.1) is 10.2 Å². The van der Waals surface area contributed by atoms with E-state index in [2.05, 4.69) is 15.5 Å². The van der Waals surface area contributed by atoms with E-state index in [1.165, 1.54) is 6.26 Å². The van der Waals surface area contributed by atoms with Gasteiger partial charge in [0, 0.05) is 16.8 Å². The molecule has 0 atom stereocenters. The summed E-state index contributed by atoms with van der Waals surface area (Å²) < 4.78 is 16.8. The second kappa shape index (κ2) is 9.23. The van der Waals surface area contributed by atoms with Gasteiger partial charge in [0.15, 0.2) is 5.76 Å². The van der Waals surface area contributed by atoms with Crippen molar-refractivity contribution >= 4 is 11.6 Å². The standard InChI is InChI=1S/C26H19N3O4/c30-24(19-9-5-12-22(16-19)32-17-18-7-2-1-3-8-18)27-21-11-4-10-20(15-21)25-28-29-26(33-25)23-13-6-14-31-23/h1-16H,17H2,(H,27,30). The SMILES string of the molecule is O=C(Nc1cccc(-c2nnc(-c3ccco3)o2)c1)c1cccc(OCc2ccccc2)c1. The molecule has 0 bridgehead atoms. The number of ether oxygens (including phenoxy) is 1. The molecule has 0 aliphatic rings. The third kappa shape index (κ3) is 4.83. The van der Waals surface area contributed by atoms with Crippen molar-refractivity contribution in [1.29, 1.82) is 0 Å². The first-order chi connectivity index (χ1) is 16.2. The first-order valence-corrected chi connectivity index (χ1v) is 10.3. The smallest absolute Gasteiger partial charge is 0.283 e. The number of amides is 1. The van der Waals surface area contributed by atoms with Crippen LogP contribution >= 0.6 is 0 Å². The number of carbonyl (C=O) groups excluding carboxylic acids is 1. The van der Waals surface area contributed by atoms with E-state index < -0.39 is 0 Å². The lowest BCUT2D eigenvalue weighted by molar-refractivity contribution is 0.102. The van der Waals surface area contributed by atoms with Gasteiger partial charge in [0.1, 0.15) is 12.4 Å². The van der Waals surface area contributed by atoms with Gasteiger partial charge in [-0.2, -0.15) is 0 Å². The molecule has 5 rings (SSSR count). The number of rotatable bonds is 7. The summed E-state index contributed by atoms with van der Waals surface area (Å²) in [7, 11) is 0. The van der Waals surface area contributed by atoms with Crippen LogP contribution in [0.3, 0.4) is 0 Å². The molecular formula is C26H19N3O4. The van der Waals surface area contributed by atoms with E-state index in [9.17, 15) is 4.79 Å². The van der Waals surface area contributed by atoms with Crippen molar-refractivity contribution in [2.45, 2.75) is 6.61 Å². The van der Waals surface area contributed by atoms with E-state index in [0.717, 1.165) is 5.56 Å². The zero-order chi connectivity index (χ0) is 22.5. The van der Waals surface area contributed by atoms with Crippen LogP contribution in [-0.2, 0) is 6.61 Å². The Bertz CT molecular complexity index is 1360. The fourth-order valence-electron chi connectivity index (χ4n) is 3.24. The minimum atomic E-state index is -0.251. The lowest BCUT2D eigenvalue weighted by Gasteiger charge is -2.09. The van der Waals surface area contributed by atoms with E-state index in [4.69, 9.17) is 13.6 Å². The van der Waals surface area contributed by atoms with Gasteiger partial charge in [-0.25, -0.2) is 0 Å². The number of furan rings is 1. The van der Waals surface area contributed by atoms with Gasteiger partial charge < -0.3 is 18.9 Å². The number of hydrogen-bond acceptors (Lipinski definition) is 6. The fraction of sp³-hybridized carbons (Fsp3) is 0.0385. The molecule has 1 N–H and O–H groups in total. The second-order valence-corrected chi connectivity index (χ2v) is 7.23. The highest BCUT2D eigenvalue weighted by molar-refractivity contribution is 6.04. The van der Waals surface area contributed by atoms with E-state index in [1.54, 1.807) is 48.5 Å². The molecule has 0 saturated heterocycles. The van der Waals surface area contributed by atoms with E-state index in [-0.39, 0.29) is 11.8 Å². The number of nitrogens with zero attached hydrogens (tertiary/aromatic N) is 2. The van der Waals surface area contributed by atoms with Crippen LogP contribution in [0.2, 0.25) is 0 Å². The zero-order valence-electron chi connectivity index (χ0n) is 17.5. The summed E-state index contributed by atoms with van der Waals surface area (Å²) in [5, 5.41) is 11.0. The number of aromatic nitrogens is 2. The maximum absolute atomic E-state index is 12.8. The Labute approximate surface area is 189 Å². The Morgan fingerprint density at radius 2 is 1.70 bits per heavy atom. The average Bonchev–Trinajstić information content (AvgIpc) is 3.56. The predicted molar refractivity (Wildman–Crippen MR) is 123 cm³/mol. The molecule has 0 aliphatic carbocycles. The normalized spacial score (nSPS) is 10.7. The van der Waals surface area contributed by atoms with Crippen LogP contribution < -0.4 is 10.1 Å². The molecule has 0 fully saturated rings. The van der Waals surface area contributed by atoms with Gasteiger partial charge in [-0.1, -0.05) is 42.5 Å². The third-order valence-corrected chi connectivity index (χ3v) is 4.87. The number of nitrogens with one attached hydrogen (secondary N) is 1. The van der Waals surface area contributed by atoms with Crippen molar-refractivity contribution < 1.29 is 18.4 Å². The number of hydrogen-bond donors (Lipinski definition) is 1. The average molecular weight is 437 g/mol. The first-order valence-electron chi connectivity index (χ1n) is 10.3. The maximum Gasteiger partial charge on any atom is 0.283 e. The molecule has 2 aromatic heterocycles. The molecule has 5 aromatic rings. The monoisotopic (exact) mass is 437 g/mol. The molecule has 3 aromatic carbocycles. The molecule has 0 aliphatic heterocycles. The lowest BCUT2D eigenvalue weighted by Crippen LogP contribution is -2.12. The highest BCUT2D eigenvalue weighted by Crippen LogP contribution is 2.26. The van der Waals surface area contributed by atoms with Gasteiger partial charge in [0.25, 0.3) is 11.8 Å². The summed E-state index contributed by atoms with van der Waals surface area (Å²) in [6, 6.07) is 27.6. The summed E-state index contributed by atoms with van der Waals surface area (Å²) in [4.78, 5) is 12.8. The van der Waals surface area contributed by atoms with Crippen LogP contribution in [-0.4, -0.2) is 16.1 Å². The van der Waals surface area contributed by atoms with Crippen molar-refractivity contribution in [1.82, 2.24) is 10.2 Å². The lowest BCUT2D eigenvalue weighted by atomic mass is 10.1. The number of anilines is 1. The molecular weight excluding hydrogens is 418 g/mol. The molecule has 33 heavy (non-hydrogen) atoms. The maximum atomic E-state index is 12.8. The van der Waals surface area contributed by atoms with Crippen LogP contribution in [0.1, 0.15) is 15.9 Å². The largest absolute Gasteiger partial charge is 0.489 e. The van der Waals surface area contributed by atoms with Crippen LogP contribution in [0.5, 0.6) is 5.75 Å². The Balaban J connectivity index is 1.27. The van der Waals surface area contributed by atoms with Gasteiger partial charge in [-0.3, -0.25) is 4.79 Å². The van der Waals surface area contributed by atoms with E-state index in [0.29, 0.717) is 40.8 Å². The van der Waals surface area contributed by atoms with Gasteiger partial charge in [0.05, 0.1) is 6.26 Å². The molecule has 0 unspecified atom stereocenters. The molecule has 0 spiro atoms. The molecule has 2 heterocycles. The second-order valence-electron chi connectivity index (χ2n) is 7.23. The summed E-state index contributed by atoms with van der Waals surface area (Å²) in [6.45, 7) is 0.429. The van der Waals surface area contributed by atoms with Crippen molar-refractivity contribution in [3.05, 3.63) is 108 Å². The van der Waals surface area contributed by atoms with E-state index >= 15 is 0 Å². The molecule has 0 saturated carbocycles. The predicted octanol–water partition coefficient (Wildman–Crippen LogP) is 5.83. The molecule has 7 nitrogen and oxygen atoms in total. The minimum absolute atomic E-state index is 0.251. The summed E-state index contributed by atoms with van der Waals surface area (Å²) in [5.74, 6) is 1.48. The molecule has 162 valence electrons. The van der Waals surface area contributed by atoms with E-state index in [1.807, 2.05) is 42.5 Å². The highest BCUT2D eigenvalue weighted by Gasteiger charge is 2.14. The Morgan fingerprint density at radius 3 is 2.55 bits per heavy atom. The zero-order valence-corrected chi connectivity index (χ0v) is 17.5. The topological polar surface area (TPSA) is 90.4 Å². The summed E-state index contributed by atoms with van der Waals surface area (Å²) in [6.07, 6.45) is 1.54. The van der Waals surface area contributed by atoms with Crippen molar-refractivity contribution in [2.75, 3.05) is 5.32 Å². The van der Waals surface area contributed by atoms with Gasteiger partial charge in [-0.05, 0) is 54.1 Å². The first kappa shape index (κ1) is 20.3. The van der Waals surface area contributed by atoms with Crippen molar-refractivity contribution in [3.8, 4) is 28.9 Å². The number of benzene rings is 3. The highest BCUT2D eigenvalue weighted by atomic mass is 16.5. The van der Waals surface area contributed by atoms with Crippen LogP contribution in [0, 0.1) is 0 Å². The summed E-state index contributed by atoms with van der Waals surface area (Å²) in [5.41, 5.74) is 2.83. The van der Waals surface area contributed by atoms with Crippen LogP contribution in [0.25, 0.3) is 23.1 Å². The van der Waals surface area contributed by atoms with Crippen molar-refractivity contribution in [2.24, 2.45) is 0 Å². The number of carbonyl (C=O) groups is 1. The Morgan fingerprint density at radius 1 is 0.848 bits per heavy atom. The molecule has 1 amide bonds. The fourth-order valence-corrected chi connectivity index (χ4v) is 3.24. The minimum Gasteiger partial charge on any atom is -0.489 e. The Kier molecular flexibility index (Phi) is 5.67. The van der Waals surface area contributed by atoms with Crippen molar-refractivity contribution in [3.63, 3.8) is 0 Å². The van der Waals surface area contributed by atoms with Crippen LogP contribution in [0.4, 0.5) is 5.69 Å². The molecule has 7 heteroatoms. The third-order valence-electron chi connectivity index (χ3n) is 4.87.